The van der Waals surface area contributed by atoms with E-state index in [2.05, 4.69) is 97.5 Å². The molecule has 0 aliphatic heterocycles. The van der Waals surface area contributed by atoms with E-state index in [1.165, 1.54) is 16.7 Å². The van der Waals surface area contributed by atoms with Crippen LogP contribution in [0.1, 0.15) is 30.5 Å². The smallest absolute Gasteiger partial charge is 0.0163 e. The van der Waals surface area contributed by atoms with E-state index >= 15 is 0 Å². The molecule has 1 radical (unpaired) electrons. The maximum atomic E-state index is 4.52. The van der Waals surface area contributed by atoms with Crippen molar-refractivity contribution >= 4 is 0 Å². The number of pyridine rings is 2. The summed E-state index contributed by atoms with van der Waals surface area (Å²) in [6, 6.07) is 41.2. The van der Waals surface area contributed by atoms with Gasteiger partial charge in [0.2, 0.25) is 0 Å². The number of hydrogen-bond donors (Lipinski definition) is 0. The first-order valence-corrected chi connectivity index (χ1v) is 11.4. The number of nitrogens with zero attached hydrogens (tertiary/aromatic N) is 2. The van der Waals surface area contributed by atoms with Crippen LogP contribution in [-0.4, -0.2) is 9.97 Å². The van der Waals surface area contributed by atoms with Crippen molar-refractivity contribution in [2.45, 2.75) is 26.2 Å². The summed E-state index contributed by atoms with van der Waals surface area (Å²) in [6.45, 7) is 6.57. The van der Waals surface area contributed by atoms with E-state index in [0.717, 1.165) is 22.5 Å². The van der Waals surface area contributed by atoms with Crippen molar-refractivity contribution in [3.05, 3.63) is 144 Å². The quantitative estimate of drug-likeness (QED) is 0.190. The van der Waals surface area contributed by atoms with Crippen molar-refractivity contribution in [1.82, 2.24) is 9.97 Å². The van der Waals surface area contributed by atoms with Crippen LogP contribution in [0.3, 0.4) is 0 Å². The second-order valence-corrected chi connectivity index (χ2v) is 8.69. The Labute approximate surface area is 222 Å². The number of aryl methyl sites for hydroxylation is 1. The molecule has 0 spiro atoms. The molecule has 0 amide bonds. The van der Waals surface area contributed by atoms with Crippen LogP contribution < -0.4 is 0 Å². The summed E-state index contributed by atoms with van der Waals surface area (Å²) in [6.07, 6.45) is 3.68. The summed E-state index contributed by atoms with van der Waals surface area (Å²) < 4.78 is 0. The molecule has 2 nitrogen and oxygen atoms in total. The molecule has 0 fully saturated rings. The number of aromatic nitrogens is 2. The van der Waals surface area contributed by atoms with Crippen LogP contribution >= 0.6 is 0 Å². The van der Waals surface area contributed by atoms with Crippen molar-refractivity contribution in [2.24, 2.45) is 0 Å². The Morgan fingerprint density at radius 3 is 2.00 bits per heavy atom. The molecular formula is C32H28IrN2-2. The molecule has 2 aromatic heterocycles. The van der Waals surface area contributed by atoms with Crippen molar-refractivity contribution in [3.63, 3.8) is 0 Å². The van der Waals surface area contributed by atoms with Gasteiger partial charge in [0.25, 0.3) is 0 Å². The minimum atomic E-state index is -0.0519. The maximum Gasteiger partial charge on any atom is 0.0163 e. The molecule has 177 valence electrons. The Hall–Kier alpha value is -3.39. The van der Waals surface area contributed by atoms with Gasteiger partial charge in [-0.3, -0.25) is 0 Å². The number of hydrogen-bond acceptors (Lipinski definition) is 2. The second-order valence-electron chi connectivity index (χ2n) is 8.69. The van der Waals surface area contributed by atoms with E-state index in [-0.39, 0.29) is 25.5 Å². The van der Waals surface area contributed by atoms with Gasteiger partial charge in [0, 0.05) is 37.9 Å². The standard InChI is InChI=1S/C21H20N.C11H8N.Ir/c1-16-9-11-17(12-10-16)20-15-19(13-14-22-20)21(2,3)18-7-5-4-6-8-18;1-2-6-10(7-3-1)11-8-4-5-9-12-11;/h4-11,13-15H,1-3H3;1-6,8-9H;/q2*-1;. The Kier molecular flexibility index (Phi) is 9.25. The van der Waals surface area contributed by atoms with Gasteiger partial charge in [0.05, 0.1) is 0 Å². The Balaban J connectivity index is 0.000000223. The third-order valence-corrected chi connectivity index (χ3v) is 5.87. The summed E-state index contributed by atoms with van der Waals surface area (Å²) in [5.41, 5.74) is 7.75. The summed E-state index contributed by atoms with van der Waals surface area (Å²) >= 11 is 0. The van der Waals surface area contributed by atoms with E-state index in [4.69, 9.17) is 0 Å². The van der Waals surface area contributed by atoms with E-state index in [9.17, 15) is 0 Å². The fraction of sp³-hybridized carbons (Fsp3) is 0.125. The Morgan fingerprint density at radius 1 is 0.629 bits per heavy atom. The van der Waals surface area contributed by atoms with Crippen LogP contribution in [0.5, 0.6) is 0 Å². The summed E-state index contributed by atoms with van der Waals surface area (Å²) in [5, 5.41) is 0. The van der Waals surface area contributed by atoms with Gasteiger partial charge in [-0.15, -0.1) is 71.3 Å². The van der Waals surface area contributed by atoms with Gasteiger partial charge in [-0.05, 0) is 34.6 Å². The molecule has 0 aliphatic rings. The fourth-order valence-electron chi connectivity index (χ4n) is 3.72. The predicted molar refractivity (Wildman–Crippen MR) is 140 cm³/mol. The molecular weight excluding hydrogens is 605 g/mol. The summed E-state index contributed by atoms with van der Waals surface area (Å²) in [5.74, 6) is 0. The first-order chi connectivity index (χ1) is 16.5. The molecule has 0 aliphatic carbocycles. The van der Waals surface area contributed by atoms with Gasteiger partial charge < -0.3 is 9.97 Å². The zero-order valence-corrected chi connectivity index (χ0v) is 22.6. The average molecular weight is 633 g/mol. The second kappa shape index (κ2) is 12.4. The molecule has 35 heavy (non-hydrogen) atoms. The minimum absolute atomic E-state index is 0. The monoisotopic (exact) mass is 633 g/mol. The third kappa shape index (κ3) is 6.82. The first kappa shape index (κ1) is 26.2. The minimum Gasteiger partial charge on any atom is -0.305 e. The Morgan fingerprint density at radius 2 is 1.34 bits per heavy atom. The van der Waals surface area contributed by atoms with E-state index in [1.807, 2.05) is 54.7 Å². The summed E-state index contributed by atoms with van der Waals surface area (Å²) in [7, 11) is 0. The van der Waals surface area contributed by atoms with Gasteiger partial charge in [0.15, 0.2) is 0 Å². The number of benzene rings is 3. The topological polar surface area (TPSA) is 25.8 Å². The van der Waals surface area contributed by atoms with Gasteiger partial charge in [0.1, 0.15) is 0 Å². The van der Waals surface area contributed by atoms with Crippen LogP contribution in [0.2, 0.25) is 0 Å². The van der Waals surface area contributed by atoms with Gasteiger partial charge in [-0.1, -0.05) is 69.3 Å². The first-order valence-electron chi connectivity index (χ1n) is 11.4. The molecule has 3 heteroatoms. The Bertz CT molecular complexity index is 1260. The largest absolute Gasteiger partial charge is 0.305 e. The van der Waals surface area contributed by atoms with Gasteiger partial charge >= 0.3 is 0 Å². The van der Waals surface area contributed by atoms with Crippen LogP contribution in [0, 0.1) is 19.1 Å². The molecule has 0 saturated heterocycles. The zero-order chi connectivity index (χ0) is 23.8. The number of rotatable bonds is 4. The van der Waals surface area contributed by atoms with Crippen molar-refractivity contribution in [2.75, 3.05) is 0 Å². The average Bonchev–Trinajstić information content (AvgIpc) is 2.91. The predicted octanol–water partition coefficient (Wildman–Crippen LogP) is 7.73. The fourth-order valence-corrected chi connectivity index (χ4v) is 3.72. The van der Waals surface area contributed by atoms with E-state index < -0.39 is 0 Å². The molecule has 0 atom stereocenters. The van der Waals surface area contributed by atoms with Crippen LogP contribution in [0.25, 0.3) is 22.5 Å². The third-order valence-electron chi connectivity index (χ3n) is 5.87. The molecule has 0 saturated carbocycles. The molecule has 0 N–H and O–H groups in total. The van der Waals surface area contributed by atoms with Crippen molar-refractivity contribution in [1.29, 1.82) is 0 Å². The van der Waals surface area contributed by atoms with Crippen LogP contribution in [0.15, 0.2) is 116 Å². The molecule has 0 unspecified atom stereocenters. The summed E-state index contributed by atoms with van der Waals surface area (Å²) in [4.78, 5) is 8.73. The van der Waals surface area contributed by atoms with Gasteiger partial charge in [-0.25, -0.2) is 0 Å². The van der Waals surface area contributed by atoms with Crippen molar-refractivity contribution < 1.29 is 20.1 Å². The molecule has 5 aromatic rings. The van der Waals surface area contributed by atoms with Crippen molar-refractivity contribution in [3.8, 4) is 22.5 Å². The molecule has 0 bridgehead atoms. The van der Waals surface area contributed by atoms with E-state index in [0.29, 0.717) is 0 Å². The molecule has 3 aromatic carbocycles. The zero-order valence-electron chi connectivity index (χ0n) is 20.2. The van der Waals surface area contributed by atoms with Gasteiger partial charge in [-0.2, -0.15) is 0 Å². The molecule has 5 rings (SSSR count). The molecule has 2 heterocycles. The maximum absolute atomic E-state index is 4.52. The SMILES string of the molecule is Cc1c[c-]c(-c2cc(C(C)(C)c3ccccc3)ccn2)cc1.[Ir].[c-]1ccccc1-c1ccccn1. The van der Waals surface area contributed by atoms with Crippen LogP contribution in [0.4, 0.5) is 0 Å². The normalized spacial score (nSPS) is 10.5. The van der Waals surface area contributed by atoms with E-state index in [1.54, 1.807) is 6.20 Å². The van der Waals surface area contributed by atoms with Crippen LogP contribution in [-0.2, 0) is 25.5 Å².